The zero-order valence-corrected chi connectivity index (χ0v) is 39.8. The lowest BCUT2D eigenvalue weighted by molar-refractivity contribution is -0.220. The Morgan fingerprint density at radius 2 is 0.905 bits per heavy atom. The molecule has 1 fully saturated rings. The van der Waals surface area contributed by atoms with E-state index in [1.807, 2.05) is 0 Å². The maximum absolute atomic E-state index is 12.8. The van der Waals surface area contributed by atoms with Gasteiger partial charge in [-0.05, 0) is 51.4 Å². The van der Waals surface area contributed by atoms with Crippen LogP contribution in [-0.4, -0.2) is 98.3 Å². The Morgan fingerprint density at radius 1 is 0.508 bits per heavy atom. The van der Waals surface area contributed by atoms with Crippen LogP contribution in [0.1, 0.15) is 194 Å². The van der Waals surface area contributed by atoms with Crippen molar-refractivity contribution < 1.29 is 63.1 Å². The van der Waals surface area contributed by atoms with Crippen molar-refractivity contribution in [3.8, 4) is 0 Å². The number of rotatable bonds is 40. The molecule has 1 aliphatic rings. The number of carbonyl (C=O) groups is 2. The van der Waals surface area contributed by atoms with Gasteiger partial charge < -0.3 is 39.9 Å². The van der Waals surface area contributed by atoms with Gasteiger partial charge in [0.15, 0.2) is 6.10 Å². The second kappa shape index (κ2) is 39.0. The Kier molecular flexibility index (Phi) is 36.4. The van der Waals surface area contributed by atoms with Gasteiger partial charge in [0, 0.05) is 12.8 Å². The zero-order valence-electron chi connectivity index (χ0n) is 38.9. The summed E-state index contributed by atoms with van der Waals surface area (Å²) in [7, 11) is -5.12. The van der Waals surface area contributed by atoms with Gasteiger partial charge in [-0.25, -0.2) is 4.57 Å². The number of allylic oxidation sites excluding steroid dienone is 8. The third kappa shape index (κ3) is 31.4. The number of hydrogen-bond donors (Lipinski definition) is 6. The van der Waals surface area contributed by atoms with Gasteiger partial charge in [-0.15, -0.1) is 0 Å². The minimum Gasteiger partial charge on any atom is -0.462 e. The van der Waals surface area contributed by atoms with Gasteiger partial charge >= 0.3 is 19.8 Å². The van der Waals surface area contributed by atoms with Gasteiger partial charge in [-0.2, -0.15) is 0 Å². The summed E-state index contributed by atoms with van der Waals surface area (Å²) in [5.74, 6) is -1.11. The van der Waals surface area contributed by atoms with Gasteiger partial charge in [0.2, 0.25) is 0 Å². The minimum atomic E-state index is -5.12. The highest BCUT2D eigenvalue weighted by atomic mass is 31.2. The summed E-state index contributed by atoms with van der Waals surface area (Å²) in [5.41, 5.74) is 0. The monoisotopic (exact) mass is 915 g/mol. The van der Waals surface area contributed by atoms with E-state index in [2.05, 4.69) is 62.5 Å². The van der Waals surface area contributed by atoms with Crippen molar-refractivity contribution in [3.05, 3.63) is 48.6 Å². The van der Waals surface area contributed by atoms with Gasteiger partial charge in [0.05, 0.1) is 6.61 Å². The molecule has 14 heteroatoms. The second-order valence-electron chi connectivity index (χ2n) is 16.9. The first kappa shape index (κ1) is 58.8. The molecule has 0 amide bonds. The van der Waals surface area contributed by atoms with Crippen LogP contribution in [0, 0.1) is 0 Å². The molecule has 0 aromatic heterocycles. The fraction of sp³-hybridized carbons (Fsp3) is 0.796. The van der Waals surface area contributed by atoms with Crippen molar-refractivity contribution in [2.75, 3.05) is 13.2 Å². The molecule has 0 radical (unpaired) electrons. The lowest BCUT2D eigenvalue weighted by Crippen LogP contribution is -2.64. The summed E-state index contributed by atoms with van der Waals surface area (Å²) in [6, 6.07) is 0. The van der Waals surface area contributed by atoms with Crippen molar-refractivity contribution in [2.24, 2.45) is 0 Å². The standard InChI is InChI=1S/C49H87O13P/c1-3-5-7-9-11-13-15-17-19-20-21-22-24-25-27-29-31-33-35-37-42(50)59-39-41(40-60-63(57,58)62-49-47(55)45(53)44(52)46(54)48(49)56)61-43(51)38-36-34-32-30-28-26-23-18-16-14-12-10-8-6-4-2/h5,7,11,13,17,19,21-22,41,44-49,52-56H,3-4,6,8-10,12,14-16,18,20,23-40H2,1-2H3,(H,57,58)/t41-,44?,45-,46?,47?,48?,49?/m1/s1. The molecule has 6 N–H and O–H groups in total. The molecular weight excluding hydrogens is 827 g/mol. The predicted molar refractivity (Wildman–Crippen MR) is 249 cm³/mol. The Morgan fingerprint density at radius 3 is 1.38 bits per heavy atom. The van der Waals surface area contributed by atoms with Crippen molar-refractivity contribution in [2.45, 2.75) is 236 Å². The predicted octanol–water partition coefficient (Wildman–Crippen LogP) is 9.95. The summed E-state index contributed by atoms with van der Waals surface area (Å²) in [6.07, 6.45) is 33.0. The highest BCUT2D eigenvalue weighted by Crippen LogP contribution is 2.47. The van der Waals surface area contributed by atoms with Crippen LogP contribution in [0.3, 0.4) is 0 Å². The SMILES string of the molecule is CCC=CCC=CCC=CCC=CCCCCCCCCC(=O)OC[C@H](COP(=O)(O)OC1C(O)C(O)C(O)[C@@H](O)C1O)OC(=O)CCCCCCCCCCCCCCCCC. The molecule has 1 aliphatic carbocycles. The van der Waals surface area contributed by atoms with Crippen molar-refractivity contribution in [3.63, 3.8) is 0 Å². The number of hydrogen-bond acceptors (Lipinski definition) is 12. The average Bonchev–Trinajstić information content (AvgIpc) is 3.26. The largest absolute Gasteiger partial charge is 0.472 e. The van der Waals surface area contributed by atoms with Crippen LogP contribution in [0.2, 0.25) is 0 Å². The summed E-state index contributed by atoms with van der Waals surface area (Å²) < 4.78 is 33.6. The molecule has 366 valence electrons. The summed E-state index contributed by atoms with van der Waals surface area (Å²) in [6.45, 7) is 3.19. The van der Waals surface area contributed by atoms with Crippen LogP contribution in [0.25, 0.3) is 0 Å². The van der Waals surface area contributed by atoms with E-state index in [0.29, 0.717) is 12.8 Å². The molecule has 1 saturated carbocycles. The molecule has 0 saturated heterocycles. The molecular formula is C49H87O13P. The normalized spacial score (nSPS) is 22.1. The van der Waals surface area contributed by atoms with Crippen LogP contribution in [0.15, 0.2) is 48.6 Å². The highest BCUT2D eigenvalue weighted by Gasteiger charge is 2.51. The number of aliphatic hydroxyl groups excluding tert-OH is 5. The van der Waals surface area contributed by atoms with Crippen LogP contribution in [0.5, 0.6) is 0 Å². The molecule has 13 nitrogen and oxygen atoms in total. The fourth-order valence-corrected chi connectivity index (χ4v) is 8.25. The van der Waals surface area contributed by atoms with E-state index in [1.165, 1.54) is 64.2 Å². The van der Waals surface area contributed by atoms with Crippen LogP contribution in [-0.2, 0) is 32.7 Å². The Hall–Kier alpha value is -2.19. The molecule has 0 heterocycles. The Labute approximate surface area is 380 Å². The molecule has 8 atom stereocenters. The molecule has 6 unspecified atom stereocenters. The summed E-state index contributed by atoms with van der Waals surface area (Å²) in [4.78, 5) is 35.8. The molecule has 0 spiro atoms. The van der Waals surface area contributed by atoms with Crippen LogP contribution >= 0.6 is 7.82 Å². The smallest absolute Gasteiger partial charge is 0.462 e. The first-order chi connectivity index (χ1) is 30.4. The Bertz CT molecular complexity index is 1290. The summed E-state index contributed by atoms with van der Waals surface area (Å²) in [5, 5.41) is 50.2. The third-order valence-electron chi connectivity index (χ3n) is 11.2. The second-order valence-corrected chi connectivity index (χ2v) is 18.3. The van der Waals surface area contributed by atoms with Gasteiger partial charge in [-0.3, -0.25) is 18.6 Å². The molecule has 0 bridgehead atoms. The van der Waals surface area contributed by atoms with Gasteiger partial charge in [-0.1, -0.05) is 178 Å². The maximum Gasteiger partial charge on any atom is 0.472 e. The Balaban J connectivity index is 2.43. The number of carbonyl (C=O) groups excluding carboxylic acids is 2. The van der Waals surface area contributed by atoms with Gasteiger partial charge in [0.1, 0.15) is 43.2 Å². The van der Waals surface area contributed by atoms with E-state index >= 15 is 0 Å². The zero-order chi connectivity index (χ0) is 46.4. The number of phosphoric ester groups is 1. The number of aliphatic hydroxyl groups is 5. The highest BCUT2D eigenvalue weighted by molar-refractivity contribution is 7.47. The molecule has 0 aromatic carbocycles. The first-order valence-electron chi connectivity index (χ1n) is 24.4. The number of phosphoric acid groups is 1. The van der Waals surface area contributed by atoms with Crippen molar-refractivity contribution in [1.29, 1.82) is 0 Å². The molecule has 1 rings (SSSR count). The van der Waals surface area contributed by atoms with Crippen molar-refractivity contribution >= 4 is 19.8 Å². The van der Waals surface area contributed by atoms with E-state index in [4.69, 9.17) is 18.5 Å². The van der Waals surface area contributed by atoms with E-state index in [0.717, 1.165) is 89.9 Å². The van der Waals surface area contributed by atoms with Crippen LogP contribution in [0.4, 0.5) is 0 Å². The van der Waals surface area contributed by atoms with Crippen LogP contribution < -0.4 is 0 Å². The van der Waals surface area contributed by atoms with E-state index in [-0.39, 0.29) is 12.8 Å². The molecule has 0 aromatic rings. The lowest BCUT2D eigenvalue weighted by Gasteiger charge is -2.41. The lowest BCUT2D eigenvalue weighted by atomic mass is 9.85. The first-order valence-corrected chi connectivity index (χ1v) is 25.9. The number of unbranched alkanes of at least 4 members (excludes halogenated alkanes) is 20. The molecule has 63 heavy (non-hydrogen) atoms. The third-order valence-corrected chi connectivity index (χ3v) is 12.2. The fourth-order valence-electron chi connectivity index (χ4n) is 7.28. The number of ether oxygens (including phenoxy) is 2. The van der Waals surface area contributed by atoms with E-state index in [9.17, 15) is 44.6 Å². The summed E-state index contributed by atoms with van der Waals surface area (Å²) >= 11 is 0. The van der Waals surface area contributed by atoms with E-state index in [1.54, 1.807) is 0 Å². The number of esters is 2. The quantitative estimate of drug-likeness (QED) is 0.0147. The molecule has 0 aliphatic heterocycles. The van der Waals surface area contributed by atoms with Crippen molar-refractivity contribution in [1.82, 2.24) is 0 Å². The minimum absolute atomic E-state index is 0.0952. The topological polar surface area (TPSA) is 210 Å². The maximum atomic E-state index is 12.8. The average molecular weight is 915 g/mol. The van der Waals surface area contributed by atoms with E-state index < -0.39 is 75.7 Å². The van der Waals surface area contributed by atoms with Gasteiger partial charge in [0.25, 0.3) is 0 Å².